The van der Waals surface area contributed by atoms with E-state index in [0.29, 0.717) is 11.6 Å². The molecular weight excluding hydrogens is 336 g/mol. The van der Waals surface area contributed by atoms with Crippen LogP contribution in [0.25, 0.3) is 0 Å². The van der Waals surface area contributed by atoms with Crippen LogP contribution < -0.4 is 5.32 Å². The van der Waals surface area contributed by atoms with E-state index in [1.54, 1.807) is 24.3 Å². The summed E-state index contributed by atoms with van der Waals surface area (Å²) in [4.78, 5) is 11.8. The van der Waals surface area contributed by atoms with Crippen molar-refractivity contribution in [3.63, 3.8) is 0 Å². The summed E-state index contributed by atoms with van der Waals surface area (Å²) in [5.41, 5.74) is 0.836. The molecule has 1 aromatic carbocycles. The number of nitrogens with one attached hydrogen (secondary N) is 1. The third-order valence-electron chi connectivity index (χ3n) is 3.43. The molecule has 0 fully saturated rings. The zero-order valence-corrected chi connectivity index (χ0v) is 15.3. The normalized spacial score (nSPS) is 11.7. The molecule has 0 heterocycles. The molecule has 0 aliphatic carbocycles. The second kappa shape index (κ2) is 9.90. The molecule has 0 aromatic heterocycles. The van der Waals surface area contributed by atoms with Crippen LogP contribution in [0.5, 0.6) is 0 Å². The maximum atomic E-state index is 11.9. The first-order chi connectivity index (χ1) is 10.8. The number of hydrogen-bond acceptors (Lipinski definition) is 3. The van der Waals surface area contributed by atoms with Gasteiger partial charge in [-0.25, -0.2) is 8.42 Å². The summed E-state index contributed by atoms with van der Waals surface area (Å²) >= 11 is 5.83. The number of sulfonamides is 1. The maximum Gasteiger partial charge on any atom is 0.221 e. The van der Waals surface area contributed by atoms with Crippen LogP contribution >= 0.6 is 11.6 Å². The average molecular weight is 361 g/mol. The fourth-order valence-electron chi connectivity index (χ4n) is 2.07. The lowest BCUT2D eigenvalue weighted by Crippen LogP contribution is -2.34. The van der Waals surface area contributed by atoms with E-state index < -0.39 is 10.0 Å². The van der Waals surface area contributed by atoms with Gasteiger partial charge in [-0.1, -0.05) is 43.5 Å². The van der Waals surface area contributed by atoms with Crippen LogP contribution in [0.2, 0.25) is 5.02 Å². The highest BCUT2D eigenvalue weighted by atomic mass is 35.5. The summed E-state index contributed by atoms with van der Waals surface area (Å²) in [6, 6.07) is 7.01. The van der Waals surface area contributed by atoms with Crippen molar-refractivity contribution in [3.05, 3.63) is 34.9 Å². The van der Waals surface area contributed by atoms with Crippen LogP contribution in [-0.2, 0) is 21.4 Å². The lowest BCUT2D eigenvalue weighted by atomic mass is 10.2. The van der Waals surface area contributed by atoms with Gasteiger partial charge >= 0.3 is 0 Å². The summed E-state index contributed by atoms with van der Waals surface area (Å²) in [6.07, 6.45) is 4.43. The minimum Gasteiger partial charge on any atom is -0.356 e. The Labute approximate surface area is 144 Å². The van der Waals surface area contributed by atoms with Crippen LogP contribution in [0.3, 0.4) is 0 Å². The Morgan fingerprint density at radius 3 is 2.43 bits per heavy atom. The number of benzene rings is 1. The van der Waals surface area contributed by atoms with Crippen molar-refractivity contribution in [2.45, 2.75) is 39.2 Å². The van der Waals surface area contributed by atoms with E-state index in [-0.39, 0.29) is 25.4 Å². The highest BCUT2D eigenvalue weighted by Gasteiger charge is 2.18. The number of rotatable bonds is 10. The van der Waals surface area contributed by atoms with E-state index in [4.69, 9.17) is 11.6 Å². The van der Waals surface area contributed by atoms with E-state index in [2.05, 4.69) is 12.2 Å². The second-order valence-electron chi connectivity index (χ2n) is 5.53. The van der Waals surface area contributed by atoms with Gasteiger partial charge < -0.3 is 5.32 Å². The fourth-order valence-corrected chi connectivity index (χ4v) is 3.01. The summed E-state index contributed by atoms with van der Waals surface area (Å²) < 4.78 is 25.1. The molecule has 1 aromatic rings. The third kappa shape index (κ3) is 8.34. The minimum absolute atomic E-state index is 0.120. The zero-order valence-electron chi connectivity index (χ0n) is 13.7. The van der Waals surface area contributed by atoms with Crippen molar-refractivity contribution >= 4 is 27.5 Å². The van der Waals surface area contributed by atoms with Gasteiger partial charge in [0.1, 0.15) is 0 Å². The second-order valence-corrected chi connectivity index (χ2v) is 7.95. The molecule has 0 aliphatic rings. The Hall–Kier alpha value is -1.11. The Balaban J connectivity index is 2.52. The predicted molar refractivity (Wildman–Crippen MR) is 93.9 cm³/mol. The van der Waals surface area contributed by atoms with Gasteiger partial charge in [0.15, 0.2) is 0 Å². The molecule has 0 radical (unpaired) electrons. The van der Waals surface area contributed by atoms with E-state index in [1.807, 2.05) is 0 Å². The lowest BCUT2D eigenvalue weighted by molar-refractivity contribution is -0.121. The third-order valence-corrected chi connectivity index (χ3v) is 4.93. The molecule has 130 valence electrons. The van der Waals surface area contributed by atoms with E-state index >= 15 is 0 Å². The van der Waals surface area contributed by atoms with Crippen LogP contribution in [0.1, 0.15) is 38.2 Å². The summed E-state index contributed by atoms with van der Waals surface area (Å²) in [7, 11) is -3.38. The molecule has 23 heavy (non-hydrogen) atoms. The number of hydrogen-bond donors (Lipinski definition) is 1. The smallest absolute Gasteiger partial charge is 0.221 e. The predicted octanol–water partition coefficient (Wildman–Crippen LogP) is 2.80. The number of amides is 1. The molecule has 0 bridgehead atoms. The van der Waals surface area contributed by atoms with E-state index in [9.17, 15) is 13.2 Å². The van der Waals surface area contributed by atoms with Gasteiger partial charge in [-0.15, -0.1) is 0 Å². The molecule has 0 unspecified atom stereocenters. The van der Waals surface area contributed by atoms with Crippen LogP contribution in [0, 0.1) is 0 Å². The number of halogens is 1. The molecule has 0 spiro atoms. The van der Waals surface area contributed by atoms with Crippen LogP contribution in [-0.4, -0.2) is 38.0 Å². The number of nitrogens with zero attached hydrogens (tertiary/aromatic N) is 1. The molecular formula is C16H25ClN2O3S. The molecule has 1 amide bonds. The molecule has 0 saturated heterocycles. The van der Waals surface area contributed by atoms with Gasteiger partial charge in [-0.05, 0) is 24.1 Å². The number of carbonyl (C=O) groups excluding carboxylic acids is 1. The average Bonchev–Trinajstić information content (AvgIpc) is 2.48. The Morgan fingerprint density at radius 2 is 1.87 bits per heavy atom. The number of unbranched alkanes of at least 4 members (excludes halogenated alkanes) is 2. The zero-order chi connectivity index (χ0) is 17.3. The van der Waals surface area contributed by atoms with Crippen molar-refractivity contribution in [3.8, 4) is 0 Å². The fraction of sp³-hybridized carbons (Fsp3) is 0.562. The first kappa shape index (κ1) is 19.9. The monoisotopic (exact) mass is 360 g/mol. The molecule has 1 rings (SSSR count). The molecule has 0 atom stereocenters. The van der Waals surface area contributed by atoms with Gasteiger partial charge in [0.25, 0.3) is 0 Å². The van der Waals surface area contributed by atoms with Crippen LogP contribution in [0.15, 0.2) is 24.3 Å². The molecule has 0 aliphatic heterocycles. The topological polar surface area (TPSA) is 66.5 Å². The molecule has 0 saturated carbocycles. The van der Waals surface area contributed by atoms with Crippen molar-refractivity contribution in [1.82, 2.24) is 9.62 Å². The Bertz CT molecular complexity index is 588. The van der Waals surface area contributed by atoms with Crippen molar-refractivity contribution in [2.75, 3.05) is 19.3 Å². The standard InChI is InChI=1S/C16H25ClN2O3S/c1-3-4-5-11-18-16(20)10-12-19(23(2,21)22)13-14-6-8-15(17)9-7-14/h6-9H,3-5,10-13H2,1-2H3,(H,18,20). The van der Waals surface area contributed by atoms with Crippen molar-refractivity contribution in [1.29, 1.82) is 0 Å². The molecule has 5 nitrogen and oxygen atoms in total. The SMILES string of the molecule is CCCCCNC(=O)CCN(Cc1ccc(Cl)cc1)S(C)(=O)=O. The van der Waals surface area contributed by atoms with E-state index in [1.165, 1.54) is 4.31 Å². The minimum atomic E-state index is -3.38. The van der Waals surface area contributed by atoms with Gasteiger partial charge in [0.05, 0.1) is 6.26 Å². The summed E-state index contributed by atoms with van der Waals surface area (Å²) in [5.74, 6) is -0.120. The van der Waals surface area contributed by atoms with Gasteiger partial charge in [-0.2, -0.15) is 4.31 Å². The maximum absolute atomic E-state index is 11.9. The number of carbonyl (C=O) groups is 1. The summed E-state index contributed by atoms with van der Waals surface area (Å²) in [5, 5.41) is 3.42. The van der Waals surface area contributed by atoms with Crippen molar-refractivity contribution in [2.24, 2.45) is 0 Å². The van der Waals surface area contributed by atoms with Gasteiger partial charge in [0.2, 0.25) is 15.9 Å². The van der Waals surface area contributed by atoms with Crippen molar-refractivity contribution < 1.29 is 13.2 Å². The Morgan fingerprint density at radius 1 is 1.22 bits per heavy atom. The van der Waals surface area contributed by atoms with Crippen LogP contribution in [0.4, 0.5) is 0 Å². The van der Waals surface area contributed by atoms with Gasteiger partial charge in [0, 0.05) is 31.1 Å². The largest absolute Gasteiger partial charge is 0.356 e. The first-order valence-corrected chi connectivity index (χ1v) is 10.0. The highest BCUT2D eigenvalue weighted by molar-refractivity contribution is 7.88. The molecule has 1 N–H and O–H groups in total. The Kier molecular flexibility index (Phi) is 8.58. The van der Waals surface area contributed by atoms with Gasteiger partial charge in [-0.3, -0.25) is 4.79 Å². The van der Waals surface area contributed by atoms with E-state index in [0.717, 1.165) is 31.1 Å². The summed E-state index contributed by atoms with van der Waals surface area (Å²) in [6.45, 7) is 3.14. The quantitative estimate of drug-likeness (QED) is 0.652. The highest BCUT2D eigenvalue weighted by Crippen LogP contribution is 2.13. The molecule has 7 heteroatoms. The first-order valence-electron chi connectivity index (χ1n) is 7.79. The lowest BCUT2D eigenvalue weighted by Gasteiger charge is -2.20.